The van der Waals surface area contributed by atoms with E-state index in [-0.39, 0.29) is 23.1 Å². The fourth-order valence-electron chi connectivity index (χ4n) is 5.67. The summed E-state index contributed by atoms with van der Waals surface area (Å²) >= 11 is 0. The fraction of sp³-hybridized carbons (Fsp3) is 0.516. The Hall–Kier alpha value is -2.72. The van der Waals surface area contributed by atoms with Crippen molar-refractivity contribution in [1.29, 1.82) is 0 Å². The highest BCUT2D eigenvalue weighted by Gasteiger charge is 2.58. The minimum atomic E-state index is -0.695. The van der Waals surface area contributed by atoms with Crippen molar-refractivity contribution >= 4 is 6.15 Å². The minimum absolute atomic E-state index is 0.241. The highest BCUT2D eigenvalue weighted by atomic mass is 19.1. The summed E-state index contributed by atoms with van der Waals surface area (Å²) in [5, 5.41) is 0. The maximum atomic E-state index is 15.5. The van der Waals surface area contributed by atoms with E-state index < -0.39 is 17.8 Å². The third kappa shape index (κ3) is 7.64. The second kappa shape index (κ2) is 13.2. The van der Waals surface area contributed by atoms with Crippen LogP contribution in [0.2, 0.25) is 0 Å². The maximum absolute atomic E-state index is 15.5. The van der Waals surface area contributed by atoms with Crippen molar-refractivity contribution in [3.05, 3.63) is 71.6 Å². The molecule has 202 valence electrons. The van der Waals surface area contributed by atoms with Gasteiger partial charge in [0.1, 0.15) is 17.5 Å². The largest absolute Gasteiger partial charge is 0.373 e. The molecule has 0 saturated heterocycles. The lowest BCUT2D eigenvalue weighted by Crippen LogP contribution is -2.21. The second-order valence-electron chi connectivity index (χ2n) is 10.7. The van der Waals surface area contributed by atoms with E-state index in [1.165, 1.54) is 50.8 Å². The summed E-state index contributed by atoms with van der Waals surface area (Å²) in [6.07, 6.45) is 4.98. The third-order valence-electron chi connectivity index (χ3n) is 8.07. The predicted molar refractivity (Wildman–Crippen MR) is 138 cm³/mol. The lowest BCUT2D eigenvalue weighted by molar-refractivity contribution is -0.191. The van der Waals surface area contributed by atoms with E-state index in [0.717, 1.165) is 12.5 Å². The summed E-state index contributed by atoms with van der Waals surface area (Å²) < 4.78 is 53.9. The van der Waals surface area contributed by atoms with Crippen LogP contribution in [0.4, 0.5) is 17.6 Å². The lowest BCUT2D eigenvalue weighted by atomic mass is 9.77. The van der Waals surface area contributed by atoms with E-state index in [1.807, 2.05) is 6.07 Å². The summed E-state index contributed by atoms with van der Waals surface area (Å²) in [7, 11) is 0. The standard InChI is InChI=1S/C27H31F3.C3H7F.CO2/c1-5-16(2)17(3)25-15-27(9-10-27)18(4)24(25)13-19-7-6-8-23(26(19)30)20-11-21(28)14-22(29)12-20;1-3(2)4;2-1-3/h6-8,11-12,14,16,18,24-25H,3,5,9-10,13,15H2,1-2,4H3;3H,1-2H3;/t16-,18+,24-,25?;;/m0../s1. The Morgan fingerprint density at radius 2 is 1.62 bits per heavy atom. The SMILES string of the molecule is C=C(C1CC2(CC2)[C@H](C)[C@@H]1Cc1cccc(-c2cc(F)cc(F)c2)c1F)[C@@H](C)CC.CC(C)F.O=C=O. The van der Waals surface area contributed by atoms with Crippen molar-refractivity contribution in [2.75, 3.05) is 0 Å². The van der Waals surface area contributed by atoms with Crippen LogP contribution >= 0.6 is 0 Å². The van der Waals surface area contributed by atoms with Crippen LogP contribution in [0.3, 0.4) is 0 Å². The third-order valence-corrected chi connectivity index (χ3v) is 8.07. The van der Waals surface area contributed by atoms with Gasteiger partial charge in [-0.2, -0.15) is 9.59 Å². The first-order valence-corrected chi connectivity index (χ1v) is 13.0. The Kier molecular flexibility index (Phi) is 10.9. The Balaban J connectivity index is 0.000000616. The van der Waals surface area contributed by atoms with Gasteiger partial charge in [0.25, 0.3) is 0 Å². The fourth-order valence-corrected chi connectivity index (χ4v) is 5.67. The predicted octanol–water partition coefficient (Wildman–Crippen LogP) is 8.75. The number of alkyl halides is 1. The van der Waals surface area contributed by atoms with Gasteiger partial charge in [0.2, 0.25) is 0 Å². The summed E-state index contributed by atoms with van der Waals surface area (Å²) in [4.78, 5) is 16.2. The smallest absolute Gasteiger partial charge is 0.248 e. The average molecular weight is 519 g/mol. The van der Waals surface area contributed by atoms with Crippen molar-refractivity contribution < 1.29 is 27.2 Å². The number of carbonyl (C=O) groups excluding carboxylic acids is 2. The number of hydrogen-bond donors (Lipinski definition) is 0. The van der Waals surface area contributed by atoms with Gasteiger partial charge in [-0.15, -0.1) is 0 Å². The number of hydrogen-bond acceptors (Lipinski definition) is 2. The van der Waals surface area contributed by atoms with Gasteiger partial charge >= 0.3 is 6.15 Å². The molecule has 37 heavy (non-hydrogen) atoms. The molecule has 0 N–H and O–H groups in total. The Morgan fingerprint density at radius 3 is 2.11 bits per heavy atom. The molecule has 0 amide bonds. The van der Waals surface area contributed by atoms with Crippen LogP contribution in [-0.2, 0) is 16.0 Å². The van der Waals surface area contributed by atoms with E-state index in [2.05, 4.69) is 27.4 Å². The first kappa shape index (κ1) is 30.5. The van der Waals surface area contributed by atoms with Crippen molar-refractivity contribution in [3.63, 3.8) is 0 Å². The molecule has 2 aliphatic carbocycles. The molecule has 0 aromatic heterocycles. The van der Waals surface area contributed by atoms with Gasteiger partial charge in [0.15, 0.2) is 0 Å². The molecule has 0 aliphatic heterocycles. The van der Waals surface area contributed by atoms with Crippen molar-refractivity contribution in [2.24, 2.45) is 29.1 Å². The highest BCUT2D eigenvalue weighted by Crippen LogP contribution is 2.66. The topological polar surface area (TPSA) is 34.1 Å². The van der Waals surface area contributed by atoms with Crippen LogP contribution in [0, 0.1) is 46.5 Å². The summed E-state index contributed by atoms with van der Waals surface area (Å²) in [5.74, 6) is -0.00267. The van der Waals surface area contributed by atoms with E-state index in [4.69, 9.17) is 9.59 Å². The molecular formula is C31H38F4O2. The molecule has 1 unspecified atom stereocenters. The van der Waals surface area contributed by atoms with Crippen molar-refractivity contribution in [1.82, 2.24) is 0 Å². The molecule has 0 radical (unpaired) electrons. The highest BCUT2D eigenvalue weighted by molar-refractivity contribution is 5.65. The molecular weight excluding hydrogens is 480 g/mol. The number of rotatable bonds is 6. The van der Waals surface area contributed by atoms with Gasteiger partial charge in [-0.25, -0.2) is 17.6 Å². The zero-order valence-corrected chi connectivity index (χ0v) is 22.4. The molecule has 2 saturated carbocycles. The molecule has 6 heteroatoms. The van der Waals surface area contributed by atoms with Crippen LogP contribution in [0.1, 0.15) is 65.9 Å². The first-order valence-electron chi connectivity index (χ1n) is 13.0. The van der Waals surface area contributed by atoms with Crippen molar-refractivity contribution in [3.8, 4) is 11.1 Å². The van der Waals surface area contributed by atoms with Crippen LogP contribution in [0.15, 0.2) is 48.6 Å². The molecule has 4 rings (SSSR count). The molecule has 0 heterocycles. The number of allylic oxidation sites excluding steroid dienone is 1. The Labute approximate surface area is 218 Å². The molecule has 2 fully saturated rings. The molecule has 2 nitrogen and oxygen atoms in total. The Morgan fingerprint density at radius 1 is 1.08 bits per heavy atom. The second-order valence-corrected chi connectivity index (χ2v) is 10.7. The molecule has 2 aromatic carbocycles. The summed E-state index contributed by atoms with van der Waals surface area (Å²) in [6.45, 7) is 14.2. The van der Waals surface area contributed by atoms with Crippen LogP contribution in [0.5, 0.6) is 0 Å². The quantitative estimate of drug-likeness (QED) is 0.283. The number of halogens is 4. The van der Waals surface area contributed by atoms with Gasteiger partial charge < -0.3 is 0 Å². The molecule has 1 spiro atoms. The van der Waals surface area contributed by atoms with Crippen LogP contribution in [-0.4, -0.2) is 12.3 Å². The van der Waals surface area contributed by atoms with Gasteiger partial charge in [0, 0.05) is 11.6 Å². The van der Waals surface area contributed by atoms with Crippen LogP contribution < -0.4 is 0 Å². The first-order chi connectivity index (χ1) is 17.4. The molecule has 2 aromatic rings. The molecule has 2 aliphatic rings. The zero-order valence-electron chi connectivity index (χ0n) is 22.4. The van der Waals surface area contributed by atoms with Gasteiger partial charge in [-0.05, 0) is 98.3 Å². The van der Waals surface area contributed by atoms with E-state index in [0.29, 0.717) is 41.1 Å². The average Bonchev–Trinajstić information content (AvgIpc) is 3.55. The van der Waals surface area contributed by atoms with Gasteiger partial charge in [-0.1, -0.05) is 51.1 Å². The molecule has 4 atom stereocenters. The summed E-state index contributed by atoms with van der Waals surface area (Å²) in [5.41, 5.74) is 2.85. The van der Waals surface area contributed by atoms with E-state index in [9.17, 15) is 13.2 Å². The maximum Gasteiger partial charge on any atom is 0.373 e. The van der Waals surface area contributed by atoms with Crippen molar-refractivity contribution in [2.45, 2.75) is 72.9 Å². The van der Waals surface area contributed by atoms with Crippen LogP contribution in [0.25, 0.3) is 11.1 Å². The monoisotopic (exact) mass is 518 g/mol. The van der Waals surface area contributed by atoms with Gasteiger partial charge in [0.05, 0.1) is 6.17 Å². The lowest BCUT2D eigenvalue weighted by Gasteiger charge is -2.28. The van der Waals surface area contributed by atoms with E-state index in [1.54, 1.807) is 12.1 Å². The van der Waals surface area contributed by atoms with Gasteiger partial charge in [-0.3, -0.25) is 0 Å². The van der Waals surface area contributed by atoms with E-state index >= 15 is 4.39 Å². The molecule has 0 bridgehead atoms. The normalized spacial score (nSPS) is 21.8. The number of benzene rings is 2. The minimum Gasteiger partial charge on any atom is -0.248 e. The summed E-state index contributed by atoms with van der Waals surface area (Å²) in [6, 6.07) is 8.41. The Bertz CT molecular complexity index is 1080. The zero-order chi connectivity index (χ0) is 27.9.